The van der Waals surface area contributed by atoms with E-state index in [0.29, 0.717) is 5.69 Å². The fourth-order valence-electron chi connectivity index (χ4n) is 2.31. The third kappa shape index (κ3) is 2.64. The fraction of sp³-hybridized carbons (Fsp3) is 0.500. The van der Waals surface area contributed by atoms with Crippen LogP contribution in [0.4, 0.5) is 5.69 Å². The highest BCUT2D eigenvalue weighted by Gasteiger charge is 2.22. The molecule has 0 unspecified atom stereocenters. The highest BCUT2D eigenvalue weighted by Crippen LogP contribution is 2.16. The topological polar surface area (TPSA) is 49.6 Å². The molecule has 4 heteroatoms. The molecule has 0 aliphatic carbocycles. The second kappa shape index (κ2) is 5.40. The second-order valence-electron chi connectivity index (χ2n) is 4.80. The molecular weight excluding hydrogens is 226 g/mol. The number of carbonyl (C=O) groups is 1. The molecule has 18 heavy (non-hydrogen) atoms. The minimum Gasteiger partial charge on any atom is -0.399 e. The van der Waals surface area contributed by atoms with Crippen molar-refractivity contribution in [3.8, 4) is 0 Å². The number of carbonyl (C=O) groups excluding carboxylic acids is 1. The Bertz CT molecular complexity index is 437. The Hall–Kier alpha value is -1.55. The predicted molar refractivity (Wildman–Crippen MR) is 73.6 cm³/mol. The fourth-order valence-corrected chi connectivity index (χ4v) is 2.31. The molecule has 0 bridgehead atoms. The molecule has 1 fully saturated rings. The SMILES string of the molecule is CCN1CCN(C(=O)c2cc(N)ccc2C)CC1. The minimum absolute atomic E-state index is 0.107. The van der Waals surface area contributed by atoms with Crippen LogP contribution in [0.2, 0.25) is 0 Å². The number of benzene rings is 1. The van der Waals surface area contributed by atoms with Gasteiger partial charge in [0.15, 0.2) is 0 Å². The summed E-state index contributed by atoms with van der Waals surface area (Å²) in [6, 6.07) is 5.52. The summed E-state index contributed by atoms with van der Waals surface area (Å²) in [7, 11) is 0. The van der Waals surface area contributed by atoms with Crippen molar-refractivity contribution in [3.63, 3.8) is 0 Å². The molecule has 1 heterocycles. The van der Waals surface area contributed by atoms with E-state index in [-0.39, 0.29) is 5.91 Å². The van der Waals surface area contributed by atoms with Crippen molar-refractivity contribution < 1.29 is 4.79 Å². The molecule has 98 valence electrons. The third-order valence-electron chi connectivity index (χ3n) is 3.60. The summed E-state index contributed by atoms with van der Waals surface area (Å²) in [6.45, 7) is 8.70. The maximum atomic E-state index is 12.4. The Labute approximate surface area is 108 Å². The number of rotatable bonds is 2. The molecule has 1 aromatic rings. The molecule has 1 aliphatic rings. The summed E-state index contributed by atoms with van der Waals surface area (Å²) in [5.74, 6) is 0.107. The molecule has 0 radical (unpaired) electrons. The number of amides is 1. The molecule has 4 nitrogen and oxygen atoms in total. The van der Waals surface area contributed by atoms with Crippen LogP contribution in [-0.4, -0.2) is 48.4 Å². The smallest absolute Gasteiger partial charge is 0.254 e. The first-order chi connectivity index (χ1) is 8.61. The van der Waals surface area contributed by atoms with Gasteiger partial charge in [0.2, 0.25) is 0 Å². The van der Waals surface area contributed by atoms with Gasteiger partial charge in [-0.15, -0.1) is 0 Å². The standard InChI is InChI=1S/C14H21N3O/c1-3-16-6-8-17(9-7-16)14(18)13-10-12(15)5-4-11(13)2/h4-5,10H,3,6-9,15H2,1-2H3. The molecule has 0 aromatic heterocycles. The van der Waals surface area contributed by atoms with E-state index < -0.39 is 0 Å². The van der Waals surface area contributed by atoms with Crippen molar-refractivity contribution in [1.82, 2.24) is 9.80 Å². The molecule has 1 amide bonds. The van der Waals surface area contributed by atoms with Gasteiger partial charge in [-0.1, -0.05) is 13.0 Å². The molecular formula is C14H21N3O. The van der Waals surface area contributed by atoms with E-state index in [4.69, 9.17) is 5.73 Å². The zero-order valence-electron chi connectivity index (χ0n) is 11.1. The number of hydrogen-bond donors (Lipinski definition) is 1. The van der Waals surface area contributed by atoms with Gasteiger partial charge in [-0.3, -0.25) is 4.79 Å². The Morgan fingerprint density at radius 1 is 1.28 bits per heavy atom. The highest BCUT2D eigenvalue weighted by molar-refractivity contribution is 5.96. The maximum Gasteiger partial charge on any atom is 0.254 e. The summed E-state index contributed by atoms with van der Waals surface area (Å²) in [5.41, 5.74) is 8.14. The van der Waals surface area contributed by atoms with Gasteiger partial charge in [-0.25, -0.2) is 0 Å². The molecule has 1 aromatic carbocycles. The number of likely N-dealkylation sites (N-methyl/N-ethyl adjacent to an activating group) is 1. The van der Waals surface area contributed by atoms with Crippen LogP contribution in [0.5, 0.6) is 0 Å². The van der Waals surface area contributed by atoms with Crippen LogP contribution >= 0.6 is 0 Å². The van der Waals surface area contributed by atoms with E-state index in [9.17, 15) is 4.79 Å². The van der Waals surface area contributed by atoms with Crippen LogP contribution in [0.25, 0.3) is 0 Å². The average molecular weight is 247 g/mol. The van der Waals surface area contributed by atoms with Gasteiger partial charge in [0, 0.05) is 37.4 Å². The van der Waals surface area contributed by atoms with Gasteiger partial charge in [0.25, 0.3) is 5.91 Å². The van der Waals surface area contributed by atoms with Gasteiger partial charge in [-0.05, 0) is 31.2 Å². The van der Waals surface area contributed by atoms with E-state index in [1.54, 1.807) is 6.07 Å². The van der Waals surface area contributed by atoms with Crippen molar-refractivity contribution in [3.05, 3.63) is 29.3 Å². The minimum atomic E-state index is 0.107. The van der Waals surface area contributed by atoms with Gasteiger partial charge >= 0.3 is 0 Å². The molecule has 0 spiro atoms. The number of nitrogens with two attached hydrogens (primary N) is 1. The lowest BCUT2D eigenvalue weighted by Gasteiger charge is -2.34. The normalized spacial score (nSPS) is 16.9. The zero-order valence-corrected chi connectivity index (χ0v) is 11.1. The largest absolute Gasteiger partial charge is 0.399 e. The summed E-state index contributed by atoms with van der Waals surface area (Å²) in [5, 5.41) is 0. The number of anilines is 1. The lowest BCUT2D eigenvalue weighted by Crippen LogP contribution is -2.48. The lowest BCUT2D eigenvalue weighted by atomic mass is 10.1. The van der Waals surface area contributed by atoms with Gasteiger partial charge in [0.05, 0.1) is 0 Å². The Balaban J connectivity index is 2.10. The molecule has 1 saturated heterocycles. The van der Waals surface area contributed by atoms with Crippen molar-refractivity contribution >= 4 is 11.6 Å². The third-order valence-corrected chi connectivity index (χ3v) is 3.60. The summed E-state index contributed by atoms with van der Waals surface area (Å²) >= 11 is 0. The number of piperazine rings is 1. The van der Waals surface area contributed by atoms with Crippen molar-refractivity contribution in [2.45, 2.75) is 13.8 Å². The van der Waals surface area contributed by atoms with Gasteiger partial charge < -0.3 is 15.5 Å². The monoisotopic (exact) mass is 247 g/mol. The van der Waals surface area contributed by atoms with Crippen LogP contribution in [-0.2, 0) is 0 Å². The molecule has 2 N–H and O–H groups in total. The van der Waals surface area contributed by atoms with E-state index in [1.165, 1.54) is 0 Å². The first-order valence-corrected chi connectivity index (χ1v) is 6.49. The average Bonchev–Trinajstić information content (AvgIpc) is 2.41. The zero-order chi connectivity index (χ0) is 13.1. The number of nitrogen functional groups attached to an aromatic ring is 1. The predicted octanol–water partition coefficient (Wildman–Crippen LogP) is 1.35. The van der Waals surface area contributed by atoms with Crippen LogP contribution in [0.3, 0.4) is 0 Å². The highest BCUT2D eigenvalue weighted by atomic mass is 16.2. The van der Waals surface area contributed by atoms with E-state index in [1.807, 2.05) is 24.0 Å². The number of hydrogen-bond acceptors (Lipinski definition) is 3. The van der Waals surface area contributed by atoms with E-state index in [0.717, 1.165) is 43.9 Å². The van der Waals surface area contributed by atoms with Crippen LogP contribution < -0.4 is 5.73 Å². The van der Waals surface area contributed by atoms with Crippen LogP contribution in [0, 0.1) is 6.92 Å². The lowest BCUT2D eigenvalue weighted by molar-refractivity contribution is 0.0642. The van der Waals surface area contributed by atoms with Gasteiger partial charge in [-0.2, -0.15) is 0 Å². The first kappa shape index (κ1) is 12.9. The van der Waals surface area contributed by atoms with Gasteiger partial charge in [0.1, 0.15) is 0 Å². The molecule has 0 saturated carbocycles. The Morgan fingerprint density at radius 2 is 1.94 bits per heavy atom. The van der Waals surface area contributed by atoms with E-state index in [2.05, 4.69) is 11.8 Å². The summed E-state index contributed by atoms with van der Waals surface area (Å²) in [4.78, 5) is 16.7. The summed E-state index contributed by atoms with van der Waals surface area (Å²) in [6.07, 6.45) is 0. The number of aryl methyl sites for hydroxylation is 1. The summed E-state index contributed by atoms with van der Waals surface area (Å²) < 4.78 is 0. The maximum absolute atomic E-state index is 12.4. The van der Waals surface area contributed by atoms with Crippen LogP contribution in [0.1, 0.15) is 22.8 Å². The molecule has 2 rings (SSSR count). The quantitative estimate of drug-likeness (QED) is 0.803. The Morgan fingerprint density at radius 3 is 2.56 bits per heavy atom. The molecule has 1 aliphatic heterocycles. The van der Waals surface area contributed by atoms with Crippen molar-refractivity contribution in [2.75, 3.05) is 38.5 Å². The molecule has 0 atom stereocenters. The van der Waals surface area contributed by atoms with Crippen molar-refractivity contribution in [2.24, 2.45) is 0 Å². The Kier molecular flexibility index (Phi) is 3.87. The number of nitrogens with zero attached hydrogens (tertiary/aromatic N) is 2. The first-order valence-electron chi connectivity index (χ1n) is 6.49. The van der Waals surface area contributed by atoms with Crippen molar-refractivity contribution in [1.29, 1.82) is 0 Å². The van der Waals surface area contributed by atoms with Crippen LogP contribution in [0.15, 0.2) is 18.2 Å². The van der Waals surface area contributed by atoms with E-state index >= 15 is 0 Å². The second-order valence-corrected chi connectivity index (χ2v) is 4.80.